The first-order valence-corrected chi connectivity index (χ1v) is 14.9. The summed E-state index contributed by atoms with van der Waals surface area (Å²) in [5.74, 6) is 1.35. The number of hydrogen-bond donors (Lipinski definition) is 1. The number of carbonyl (C=O) groups excluding carboxylic acids is 1. The highest BCUT2D eigenvalue weighted by Crippen LogP contribution is 2.47. The van der Waals surface area contributed by atoms with E-state index >= 15 is 0 Å². The normalized spacial score (nSPS) is 18.4. The van der Waals surface area contributed by atoms with Crippen LogP contribution in [-0.2, 0) is 10.8 Å². The molecule has 1 saturated heterocycles. The monoisotopic (exact) mass is 567 g/mol. The van der Waals surface area contributed by atoms with Crippen LogP contribution in [0.3, 0.4) is 0 Å². The zero-order valence-corrected chi connectivity index (χ0v) is 25.3. The number of hydrogen-bond acceptors (Lipinski definition) is 5. The highest BCUT2D eigenvalue weighted by atomic mass is 35.5. The number of likely N-dealkylation sites (tertiary alicyclic amines) is 1. The minimum Gasteiger partial charge on any atom is -0.495 e. The van der Waals surface area contributed by atoms with Gasteiger partial charge >= 0.3 is 6.03 Å². The summed E-state index contributed by atoms with van der Waals surface area (Å²) in [4.78, 5) is 19.9. The summed E-state index contributed by atoms with van der Waals surface area (Å²) in [7, 11) is 3.10. The zero-order valence-electron chi connectivity index (χ0n) is 23.7. The van der Waals surface area contributed by atoms with Gasteiger partial charge in [-0.1, -0.05) is 51.4 Å². The Hall–Kier alpha value is -2.77. The van der Waals surface area contributed by atoms with Crippen LogP contribution in [0.5, 0.6) is 11.5 Å². The molecule has 1 aliphatic heterocycles. The van der Waals surface area contributed by atoms with Gasteiger partial charge < -0.3 is 19.7 Å². The molecule has 1 fully saturated rings. The van der Waals surface area contributed by atoms with Crippen LogP contribution in [-0.4, -0.2) is 43.2 Å². The minimum atomic E-state index is -0.160. The average molecular weight is 568 g/mol. The van der Waals surface area contributed by atoms with E-state index in [0.29, 0.717) is 41.2 Å². The highest BCUT2D eigenvalue weighted by Gasteiger charge is 2.37. The van der Waals surface area contributed by atoms with Gasteiger partial charge in [-0.15, -0.1) is 11.3 Å². The quantitative estimate of drug-likeness (QED) is 0.337. The second-order valence-corrected chi connectivity index (χ2v) is 13.3. The average Bonchev–Trinajstić information content (AvgIpc) is 3.42. The molecule has 6 nitrogen and oxygen atoms in total. The summed E-state index contributed by atoms with van der Waals surface area (Å²) < 4.78 is 10.7. The maximum Gasteiger partial charge on any atom is 0.321 e. The number of benzene rings is 2. The van der Waals surface area contributed by atoms with Crippen LogP contribution in [0.1, 0.15) is 75.4 Å². The number of ether oxygens (including phenoxy) is 2. The van der Waals surface area contributed by atoms with Gasteiger partial charge in [0.05, 0.1) is 35.6 Å². The third kappa shape index (κ3) is 5.48. The number of nitrogens with one attached hydrogen (secondary N) is 1. The molecule has 2 aliphatic rings. The predicted octanol–water partition coefficient (Wildman–Crippen LogP) is 8.24. The van der Waals surface area contributed by atoms with E-state index in [-0.39, 0.29) is 16.9 Å². The second kappa shape index (κ2) is 10.7. The maximum atomic E-state index is 13.0. The largest absolute Gasteiger partial charge is 0.495 e. The van der Waals surface area contributed by atoms with Crippen molar-refractivity contribution in [2.75, 3.05) is 32.6 Å². The van der Waals surface area contributed by atoms with Gasteiger partial charge in [-0.05, 0) is 59.8 Å². The van der Waals surface area contributed by atoms with E-state index in [1.165, 1.54) is 29.5 Å². The van der Waals surface area contributed by atoms with Crippen LogP contribution in [0, 0.1) is 0 Å². The van der Waals surface area contributed by atoms with E-state index < -0.39 is 0 Å². The standard InChI is InChI=1S/C31H38ClN3O3S/c1-30(2)11-12-31(3,4)22-15-20(7-8-21(22)30)25-18-39-28(33-25)19-9-13-35(14-10-19)29(36)34-24-16-23(32)26(37-5)17-27(24)38-6/h7-8,15-19H,9-14H2,1-6H3,(H,34,36). The van der Waals surface area contributed by atoms with Crippen LogP contribution >= 0.6 is 22.9 Å². The lowest BCUT2D eigenvalue weighted by Crippen LogP contribution is -2.40. The topological polar surface area (TPSA) is 63.7 Å². The molecule has 2 heterocycles. The van der Waals surface area contributed by atoms with Crippen molar-refractivity contribution in [2.24, 2.45) is 0 Å². The van der Waals surface area contributed by atoms with Crippen molar-refractivity contribution < 1.29 is 14.3 Å². The molecule has 1 aliphatic carbocycles. The van der Waals surface area contributed by atoms with Crippen molar-refractivity contribution in [3.05, 3.63) is 56.9 Å². The van der Waals surface area contributed by atoms with E-state index in [4.69, 9.17) is 26.1 Å². The van der Waals surface area contributed by atoms with Crippen molar-refractivity contribution in [3.63, 3.8) is 0 Å². The number of thiazole rings is 1. The van der Waals surface area contributed by atoms with Crippen molar-refractivity contribution in [1.29, 1.82) is 0 Å². The van der Waals surface area contributed by atoms with Crippen molar-refractivity contribution >= 4 is 34.7 Å². The number of methoxy groups -OCH3 is 2. The van der Waals surface area contributed by atoms with Crippen LogP contribution < -0.4 is 14.8 Å². The summed E-state index contributed by atoms with van der Waals surface area (Å²) in [5, 5.41) is 6.71. The molecule has 0 atom stereocenters. The van der Waals surface area contributed by atoms with Gasteiger partial charge in [-0.2, -0.15) is 0 Å². The lowest BCUT2D eigenvalue weighted by molar-refractivity contribution is 0.194. The lowest BCUT2D eigenvalue weighted by Gasteiger charge is -2.42. The van der Waals surface area contributed by atoms with Gasteiger partial charge in [0, 0.05) is 36.0 Å². The molecule has 2 amide bonds. The van der Waals surface area contributed by atoms with Crippen molar-refractivity contribution in [2.45, 2.75) is 70.1 Å². The van der Waals surface area contributed by atoms with Gasteiger partial charge in [-0.25, -0.2) is 9.78 Å². The number of nitrogens with zero attached hydrogens (tertiary/aromatic N) is 2. The third-order valence-corrected chi connectivity index (χ3v) is 9.82. The fourth-order valence-electron chi connectivity index (χ4n) is 5.84. The number of fused-ring (bicyclic) bond motifs is 1. The summed E-state index contributed by atoms with van der Waals surface area (Å²) in [6, 6.07) is 10.1. The number of amides is 2. The van der Waals surface area contributed by atoms with Crippen LogP contribution in [0.2, 0.25) is 5.02 Å². The molecular weight excluding hydrogens is 530 g/mol. The molecule has 8 heteroatoms. The Morgan fingerprint density at radius 2 is 1.67 bits per heavy atom. The molecule has 208 valence electrons. The second-order valence-electron chi connectivity index (χ2n) is 12.0. The first-order chi connectivity index (χ1) is 18.5. The molecule has 2 aromatic carbocycles. The fraction of sp³-hybridized carbons (Fsp3) is 0.484. The summed E-state index contributed by atoms with van der Waals surface area (Å²) >= 11 is 8.01. The first kappa shape index (κ1) is 27.8. The summed E-state index contributed by atoms with van der Waals surface area (Å²) in [6.45, 7) is 10.8. The Balaban J connectivity index is 1.25. The molecule has 0 radical (unpaired) electrons. The molecule has 0 unspecified atom stereocenters. The third-order valence-electron chi connectivity index (χ3n) is 8.52. The number of piperidine rings is 1. The molecule has 1 aromatic heterocycles. The number of halogens is 1. The fourth-order valence-corrected chi connectivity index (χ4v) is 7.08. The van der Waals surface area contributed by atoms with Crippen LogP contribution in [0.15, 0.2) is 35.7 Å². The Morgan fingerprint density at radius 3 is 2.33 bits per heavy atom. The van der Waals surface area contributed by atoms with Crippen LogP contribution in [0.4, 0.5) is 10.5 Å². The molecule has 3 aromatic rings. The van der Waals surface area contributed by atoms with E-state index in [2.05, 4.69) is 56.6 Å². The predicted molar refractivity (Wildman–Crippen MR) is 160 cm³/mol. The lowest BCUT2D eigenvalue weighted by atomic mass is 9.63. The van der Waals surface area contributed by atoms with E-state index in [1.54, 1.807) is 37.7 Å². The number of urea groups is 1. The molecule has 0 saturated carbocycles. The maximum absolute atomic E-state index is 13.0. The smallest absolute Gasteiger partial charge is 0.321 e. The molecule has 5 rings (SSSR count). The Kier molecular flexibility index (Phi) is 7.59. The van der Waals surface area contributed by atoms with E-state index in [0.717, 1.165) is 23.5 Å². The first-order valence-electron chi connectivity index (χ1n) is 13.6. The highest BCUT2D eigenvalue weighted by molar-refractivity contribution is 7.10. The summed E-state index contributed by atoms with van der Waals surface area (Å²) in [5.41, 5.74) is 6.09. The number of anilines is 1. The van der Waals surface area contributed by atoms with Gasteiger partial charge in [0.15, 0.2) is 0 Å². The SMILES string of the molecule is COc1cc(OC)c(NC(=O)N2CCC(c3nc(-c4ccc5c(c4)C(C)(C)CCC5(C)C)cs3)CC2)cc1Cl. The summed E-state index contributed by atoms with van der Waals surface area (Å²) in [6.07, 6.45) is 4.17. The van der Waals surface area contributed by atoms with Gasteiger partial charge in [0.1, 0.15) is 11.5 Å². The Labute approximate surface area is 240 Å². The number of rotatable bonds is 5. The van der Waals surface area contributed by atoms with Crippen LogP contribution in [0.25, 0.3) is 11.3 Å². The molecular formula is C31H38ClN3O3S. The van der Waals surface area contributed by atoms with E-state index in [9.17, 15) is 4.79 Å². The van der Waals surface area contributed by atoms with Gasteiger partial charge in [0.2, 0.25) is 0 Å². The molecule has 0 bridgehead atoms. The number of carbonyl (C=O) groups is 1. The van der Waals surface area contributed by atoms with E-state index in [1.807, 2.05) is 4.90 Å². The Bertz CT molecular complexity index is 1380. The molecule has 39 heavy (non-hydrogen) atoms. The van der Waals surface area contributed by atoms with Crippen molar-refractivity contribution in [3.8, 4) is 22.8 Å². The molecule has 1 N–H and O–H groups in total. The number of aromatic nitrogens is 1. The van der Waals surface area contributed by atoms with Gasteiger partial charge in [0.25, 0.3) is 0 Å². The minimum absolute atomic E-state index is 0.160. The zero-order chi connectivity index (χ0) is 27.9. The van der Waals surface area contributed by atoms with Crippen molar-refractivity contribution in [1.82, 2.24) is 9.88 Å². The Morgan fingerprint density at radius 1 is 1.00 bits per heavy atom. The molecule has 0 spiro atoms. The van der Waals surface area contributed by atoms with Gasteiger partial charge in [-0.3, -0.25) is 0 Å².